The summed E-state index contributed by atoms with van der Waals surface area (Å²) < 4.78 is 5.94. The number of piperazine rings is 1. The first-order chi connectivity index (χ1) is 18.2. The van der Waals surface area contributed by atoms with Gasteiger partial charge in [0.15, 0.2) is 0 Å². The fourth-order valence-electron chi connectivity index (χ4n) is 5.55. The Morgan fingerprint density at radius 1 is 0.865 bits per heavy atom. The summed E-state index contributed by atoms with van der Waals surface area (Å²) in [7, 11) is 0. The van der Waals surface area contributed by atoms with Gasteiger partial charge >= 0.3 is 0 Å². The average molecular weight is 494 g/mol. The van der Waals surface area contributed by atoms with Gasteiger partial charge in [-0.25, -0.2) is 0 Å². The Balaban J connectivity index is 1.04. The van der Waals surface area contributed by atoms with Crippen molar-refractivity contribution in [1.82, 2.24) is 14.8 Å². The summed E-state index contributed by atoms with van der Waals surface area (Å²) in [4.78, 5) is 22.0. The number of ether oxygens (including phenoxy) is 1. The number of amides is 1. The molecule has 1 N–H and O–H groups in total. The van der Waals surface area contributed by atoms with Gasteiger partial charge in [-0.1, -0.05) is 42.5 Å². The van der Waals surface area contributed by atoms with Gasteiger partial charge in [0.1, 0.15) is 18.5 Å². The molecule has 188 valence electrons. The Bertz CT molecular complexity index is 1420. The van der Waals surface area contributed by atoms with Crippen LogP contribution in [0.4, 0.5) is 0 Å². The number of hydrogen-bond acceptors (Lipinski definition) is 5. The van der Waals surface area contributed by atoms with E-state index in [1.807, 2.05) is 47.4 Å². The normalized spacial score (nSPS) is 16.2. The number of β-amino-alcohol motifs (C(OH)–C–C–N with tert-alkyl or cyclic N) is 1. The third kappa shape index (κ3) is 4.95. The van der Waals surface area contributed by atoms with Crippen LogP contribution in [0.1, 0.15) is 32.6 Å². The van der Waals surface area contributed by atoms with E-state index in [0.29, 0.717) is 19.6 Å². The van der Waals surface area contributed by atoms with E-state index in [2.05, 4.69) is 40.2 Å². The van der Waals surface area contributed by atoms with Crippen molar-refractivity contribution in [3.63, 3.8) is 0 Å². The zero-order chi connectivity index (χ0) is 25.2. The first kappa shape index (κ1) is 23.6. The molecule has 1 unspecified atom stereocenters. The van der Waals surface area contributed by atoms with Crippen LogP contribution < -0.4 is 4.74 Å². The molecule has 4 aromatic rings. The third-order valence-electron chi connectivity index (χ3n) is 7.54. The standard InChI is InChI=1S/C31H31N3O3/c35-25(21-37-30-12-4-11-29-27(30)10-5-13-32-29)20-33-14-16-34(17-15-33)31(36)26-9-3-8-24-18-22-6-1-2-7-23(22)19-28(24)26/h1-13,25,35H,14-21H2. The fourth-order valence-corrected chi connectivity index (χ4v) is 5.55. The second-order valence-electron chi connectivity index (χ2n) is 9.95. The van der Waals surface area contributed by atoms with Crippen molar-refractivity contribution < 1.29 is 14.6 Å². The van der Waals surface area contributed by atoms with E-state index in [4.69, 9.17) is 4.74 Å². The number of fused-ring (bicyclic) bond motifs is 3. The molecule has 0 saturated carbocycles. The topological polar surface area (TPSA) is 65.9 Å². The molecule has 1 aliphatic carbocycles. The molecule has 6 nitrogen and oxygen atoms in total. The highest BCUT2D eigenvalue weighted by Gasteiger charge is 2.27. The summed E-state index contributed by atoms with van der Waals surface area (Å²) in [6, 6.07) is 24.3. The summed E-state index contributed by atoms with van der Waals surface area (Å²) in [5, 5.41) is 11.6. The van der Waals surface area contributed by atoms with Crippen molar-refractivity contribution in [3.8, 4) is 5.75 Å². The number of aliphatic hydroxyl groups excluding tert-OH is 1. The minimum atomic E-state index is -0.615. The Kier molecular flexibility index (Phi) is 6.60. The molecule has 6 heteroatoms. The molecule has 6 rings (SSSR count). The quantitative estimate of drug-likeness (QED) is 0.388. The number of nitrogens with zero attached hydrogens (tertiary/aromatic N) is 3. The molecule has 2 heterocycles. The van der Waals surface area contributed by atoms with E-state index >= 15 is 0 Å². The maximum Gasteiger partial charge on any atom is 0.254 e. The van der Waals surface area contributed by atoms with Crippen LogP contribution in [0.3, 0.4) is 0 Å². The maximum atomic E-state index is 13.5. The highest BCUT2D eigenvalue weighted by atomic mass is 16.5. The fraction of sp³-hybridized carbons (Fsp3) is 0.290. The Morgan fingerprint density at radius 3 is 2.46 bits per heavy atom. The van der Waals surface area contributed by atoms with E-state index in [9.17, 15) is 9.90 Å². The van der Waals surface area contributed by atoms with Crippen LogP contribution in [0.5, 0.6) is 5.75 Å². The van der Waals surface area contributed by atoms with E-state index in [1.54, 1.807) is 6.20 Å². The van der Waals surface area contributed by atoms with Crippen LogP contribution in [-0.4, -0.2) is 71.2 Å². The molecule has 1 aromatic heterocycles. The van der Waals surface area contributed by atoms with Crippen molar-refractivity contribution in [2.45, 2.75) is 18.9 Å². The Hall–Kier alpha value is -3.74. The zero-order valence-corrected chi connectivity index (χ0v) is 20.8. The lowest BCUT2D eigenvalue weighted by Gasteiger charge is -2.36. The molecule has 37 heavy (non-hydrogen) atoms. The van der Waals surface area contributed by atoms with Crippen LogP contribution in [0, 0.1) is 0 Å². The third-order valence-corrected chi connectivity index (χ3v) is 7.54. The lowest BCUT2D eigenvalue weighted by Crippen LogP contribution is -2.51. The predicted molar refractivity (Wildman–Crippen MR) is 144 cm³/mol. The summed E-state index contributed by atoms with van der Waals surface area (Å²) in [5.74, 6) is 0.846. The van der Waals surface area contributed by atoms with Gasteiger partial charge in [-0.2, -0.15) is 0 Å². The van der Waals surface area contributed by atoms with Gasteiger partial charge in [-0.3, -0.25) is 14.7 Å². The first-order valence-electron chi connectivity index (χ1n) is 13.0. The highest BCUT2D eigenvalue weighted by molar-refractivity contribution is 5.96. The monoisotopic (exact) mass is 493 g/mol. The van der Waals surface area contributed by atoms with Gasteiger partial charge in [0.25, 0.3) is 5.91 Å². The van der Waals surface area contributed by atoms with E-state index in [-0.39, 0.29) is 12.5 Å². The van der Waals surface area contributed by atoms with Crippen LogP contribution in [-0.2, 0) is 12.8 Å². The van der Waals surface area contributed by atoms with Gasteiger partial charge in [-0.05, 0) is 65.4 Å². The molecule has 0 spiro atoms. The van der Waals surface area contributed by atoms with Gasteiger partial charge in [0.2, 0.25) is 0 Å². The molecule has 1 aliphatic heterocycles. The average Bonchev–Trinajstić information content (AvgIpc) is 2.94. The summed E-state index contributed by atoms with van der Waals surface area (Å²) in [6.45, 7) is 3.51. The minimum absolute atomic E-state index is 0.115. The SMILES string of the molecule is O=C(c1cccc2c1Cc1ccccc1C2)N1CCN(CC(O)COc2cccc3ncccc23)CC1. The van der Waals surface area contributed by atoms with Crippen molar-refractivity contribution in [3.05, 3.63) is 107 Å². The molecule has 1 atom stereocenters. The van der Waals surface area contributed by atoms with Crippen LogP contribution in [0.2, 0.25) is 0 Å². The van der Waals surface area contributed by atoms with Gasteiger partial charge < -0.3 is 14.7 Å². The summed E-state index contributed by atoms with van der Waals surface area (Å²) >= 11 is 0. The second kappa shape index (κ2) is 10.3. The number of hydrogen-bond donors (Lipinski definition) is 1. The molecule has 2 aliphatic rings. The van der Waals surface area contributed by atoms with Gasteiger partial charge in [0, 0.05) is 49.9 Å². The molecule has 1 saturated heterocycles. The van der Waals surface area contributed by atoms with Gasteiger partial charge in [0.05, 0.1) is 5.52 Å². The lowest BCUT2D eigenvalue weighted by molar-refractivity contribution is 0.0405. The predicted octanol–water partition coefficient (Wildman–Crippen LogP) is 3.93. The van der Waals surface area contributed by atoms with E-state index < -0.39 is 6.10 Å². The molecule has 1 amide bonds. The summed E-state index contributed by atoms with van der Waals surface area (Å²) in [5.41, 5.74) is 6.81. The number of aromatic nitrogens is 1. The summed E-state index contributed by atoms with van der Waals surface area (Å²) in [6.07, 6.45) is 2.84. The Morgan fingerprint density at radius 2 is 1.62 bits per heavy atom. The van der Waals surface area contributed by atoms with Crippen LogP contribution in [0.25, 0.3) is 10.9 Å². The number of carbonyl (C=O) groups is 1. The van der Waals surface area contributed by atoms with Crippen molar-refractivity contribution in [2.75, 3.05) is 39.3 Å². The number of pyridine rings is 1. The first-order valence-corrected chi connectivity index (χ1v) is 13.0. The minimum Gasteiger partial charge on any atom is -0.490 e. The number of carbonyl (C=O) groups excluding carboxylic acids is 1. The smallest absolute Gasteiger partial charge is 0.254 e. The van der Waals surface area contributed by atoms with Crippen molar-refractivity contribution in [1.29, 1.82) is 0 Å². The number of rotatable bonds is 6. The molecular formula is C31H31N3O3. The van der Waals surface area contributed by atoms with Crippen LogP contribution >= 0.6 is 0 Å². The lowest BCUT2D eigenvalue weighted by atomic mass is 9.83. The molecule has 3 aromatic carbocycles. The van der Waals surface area contributed by atoms with Crippen molar-refractivity contribution >= 4 is 16.8 Å². The highest BCUT2D eigenvalue weighted by Crippen LogP contribution is 2.30. The van der Waals surface area contributed by atoms with E-state index in [0.717, 1.165) is 48.1 Å². The van der Waals surface area contributed by atoms with Gasteiger partial charge in [-0.15, -0.1) is 0 Å². The Labute approximate surface area is 217 Å². The number of benzene rings is 3. The maximum absolute atomic E-state index is 13.5. The molecule has 1 fully saturated rings. The molecule has 0 bridgehead atoms. The van der Waals surface area contributed by atoms with Crippen molar-refractivity contribution in [2.24, 2.45) is 0 Å². The zero-order valence-electron chi connectivity index (χ0n) is 20.8. The van der Waals surface area contributed by atoms with Crippen LogP contribution in [0.15, 0.2) is 79.0 Å². The molecular weight excluding hydrogens is 462 g/mol. The second-order valence-corrected chi connectivity index (χ2v) is 9.95. The molecule has 0 radical (unpaired) electrons. The largest absolute Gasteiger partial charge is 0.490 e. The van der Waals surface area contributed by atoms with E-state index in [1.165, 1.54) is 22.3 Å². The number of aliphatic hydroxyl groups is 1.